The minimum atomic E-state index is -0.540. The summed E-state index contributed by atoms with van der Waals surface area (Å²) in [5.41, 5.74) is 0.757. The Bertz CT molecular complexity index is 675. The molecule has 0 unspecified atom stereocenters. The van der Waals surface area contributed by atoms with Crippen LogP contribution in [0.4, 0.5) is 5.69 Å². The van der Waals surface area contributed by atoms with Crippen molar-refractivity contribution in [1.29, 1.82) is 0 Å². The van der Waals surface area contributed by atoms with Crippen molar-refractivity contribution in [1.82, 2.24) is 0 Å². The molecule has 0 aliphatic heterocycles. The molecule has 2 aromatic rings. The van der Waals surface area contributed by atoms with Crippen molar-refractivity contribution in [3.8, 4) is 17.6 Å². The van der Waals surface area contributed by atoms with Gasteiger partial charge in [0.2, 0.25) is 0 Å². The molecule has 0 spiro atoms. The van der Waals surface area contributed by atoms with E-state index in [9.17, 15) is 10.1 Å². The van der Waals surface area contributed by atoms with Gasteiger partial charge >= 0.3 is 0 Å². The van der Waals surface area contributed by atoms with Crippen LogP contribution in [0.2, 0.25) is 5.02 Å². The lowest BCUT2D eigenvalue weighted by atomic mass is 10.2. The van der Waals surface area contributed by atoms with Gasteiger partial charge in [0.25, 0.3) is 5.69 Å². The Kier molecular flexibility index (Phi) is 4.59. The lowest BCUT2D eigenvalue weighted by Crippen LogP contribution is -1.95. The second-order valence-corrected chi connectivity index (χ2v) is 4.23. The maximum Gasteiger partial charge on any atom is 0.288 e. The molecule has 5 heteroatoms. The highest BCUT2D eigenvalue weighted by molar-refractivity contribution is 6.32. The van der Waals surface area contributed by atoms with Crippen LogP contribution in [0.3, 0.4) is 0 Å². The summed E-state index contributed by atoms with van der Waals surface area (Å²) in [7, 11) is 0. The van der Waals surface area contributed by atoms with Crippen LogP contribution in [0.25, 0.3) is 0 Å². The number of ether oxygens (including phenoxy) is 1. The van der Waals surface area contributed by atoms with Gasteiger partial charge in [0.05, 0.1) is 4.92 Å². The van der Waals surface area contributed by atoms with Crippen LogP contribution < -0.4 is 4.74 Å². The number of benzene rings is 2. The first kappa shape index (κ1) is 13.9. The molecule has 0 radical (unpaired) electrons. The Balaban J connectivity index is 1.97. The summed E-state index contributed by atoms with van der Waals surface area (Å²) in [5.74, 6) is 6.25. The fourth-order valence-corrected chi connectivity index (χ4v) is 1.74. The van der Waals surface area contributed by atoms with Crippen molar-refractivity contribution in [2.45, 2.75) is 0 Å². The van der Waals surface area contributed by atoms with Crippen molar-refractivity contribution >= 4 is 17.3 Å². The Morgan fingerprint density at radius 2 is 1.95 bits per heavy atom. The van der Waals surface area contributed by atoms with Gasteiger partial charge in [0.1, 0.15) is 17.4 Å². The normalized spacial score (nSPS) is 9.45. The topological polar surface area (TPSA) is 52.4 Å². The minimum absolute atomic E-state index is 0.0449. The first-order valence-corrected chi connectivity index (χ1v) is 6.15. The fraction of sp³-hybridized carbons (Fsp3) is 0.0667. The van der Waals surface area contributed by atoms with E-state index in [2.05, 4.69) is 11.8 Å². The number of nitro groups is 1. The van der Waals surface area contributed by atoms with Gasteiger partial charge in [0, 0.05) is 17.7 Å². The van der Waals surface area contributed by atoms with Gasteiger partial charge in [-0.25, -0.2) is 0 Å². The van der Waals surface area contributed by atoms with Gasteiger partial charge in [-0.15, -0.1) is 0 Å². The number of halogens is 1. The van der Waals surface area contributed by atoms with Crippen LogP contribution >= 0.6 is 11.6 Å². The molecular weight excluding hydrogens is 278 g/mol. The molecule has 0 fully saturated rings. The van der Waals surface area contributed by atoms with Crippen LogP contribution in [0, 0.1) is 22.0 Å². The Labute approximate surface area is 121 Å². The number of hydrogen-bond donors (Lipinski definition) is 0. The largest absolute Gasteiger partial charge is 0.481 e. The second kappa shape index (κ2) is 6.60. The molecule has 4 nitrogen and oxygen atoms in total. The molecule has 100 valence electrons. The van der Waals surface area contributed by atoms with Gasteiger partial charge in [-0.2, -0.15) is 0 Å². The van der Waals surface area contributed by atoms with E-state index in [-0.39, 0.29) is 17.3 Å². The summed E-state index contributed by atoms with van der Waals surface area (Å²) in [6, 6.07) is 13.7. The summed E-state index contributed by atoms with van der Waals surface area (Å²) in [6.07, 6.45) is 0. The molecule has 0 aliphatic carbocycles. The fourth-order valence-electron chi connectivity index (χ4n) is 1.50. The molecule has 0 N–H and O–H groups in total. The highest BCUT2D eigenvalue weighted by Crippen LogP contribution is 2.28. The monoisotopic (exact) mass is 287 g/mol. The van der Waals surface area contributed by atoms with E-state index in [1.807, 2.05) is 30.3 Å². The van der Waals surface area contributed by atoms with Gasteiger partial charge in [-0.3, -0.25) is 10.1 Å². The van der Waals surface area contributed by atoms with Crippen molar-refractivity contribution in [2.24, 2.45) is 0 Å². The number of hydrogen-bond acceptors (Lipinski definition) is 3. The molecule has 0 aliphatic rings. The molecule has 0 heterocycles. The Hall–Kier alpha value is -2.51. The molecule has 0 aromatic heterocycles. The zero-order valence-electron chi connectivity index (χ0n) is 10.4. The summed E-state index contributed by atoms with van der Waals surface area (Å²) in [5, 5.41) is 10.7. The van der Waals surface area contributed by atoms with E-state index < -0.39 is 4.92 Å². The quantitative estimate of drug-likeness (QED) is 0.491. The predicted molar refractivity (Wildman–Crippen MR) is 76.9 cm³/mol. The highest BCUT2D eigenvalue weighted by atomic mass is 35.5. The molecular formula is C15H10ClNO3. The predicted octanol–water partition coefficient (Wildman–Crippen LogP) is 3.68. The molecule has 2 aromatic carbocycles. The molecule has 0 saturated carbocycles. The number of rotatable bonds is 3. The van der Waals surface area contributed by atoms with Crippen molar-refractivity contribution in [3.05, 3.63) is 69.2 Å². The van der Waals surface area contributed by atoms with Crippen molar-refractivity contribution in [2.75, 3.05) is 6.61 Å². The average Bonchev–Trinajstić information content (AvgIpc) is 2.44. The zero-order chi connectivity index (χ0) is 14.4. The van der Waals surface area contributed by atoms with Gasteiger partial charge < -0.3 is 4.74 Å². The van der Waals surface area contributed by atoms with Gasteiger partial charge in [-0.05, 0) is 18.2 Å². The first-order valence-electron chi connectivity index (χ1n) is 5.77. The van der Waals surface area contributed by atoms with E-state index in [1.165, 1.54) is 18.2 Å². The third-order valence-corrected chi connectivity index (χ3v) is 2.74. The number of nitrogens with zero attached hydrogens (tertiary/aromatic N) is 1. The molecule has 0 atom stereocenters. The lowest BCUT2D eigenvalue weighted by Gasteiger charge is -2.02. The molecule has 20 heavy (non-hydrogen) atoms. The third-order valence-electron chi connectivity index (χ3n) is 2.43. The molecule has 0 saturated heterocycles. The van der Waals surface area contributed by atoms with Gasteiger partial charge in [-0.1, -0.05) is 41.6 Å². The third kappa shape index (κ3) is 3.74. The van der Waals surface area contributed by atoms with Crippen LogP contribution in [-0.4, -0.2) is 11.5 Å². The molecule has 2 rings (SSSR count). The highest BCUT2D eigenvalue weighted by Gasteiger charge is 2.12. The van der Waals surface area contributed by atoms with Gasteiger partial charge in [0.15, 0.2) is 0 Å². The summed E-state index contributed by atoms with van der Waals surface area (Å²) in [4.78, 5) is 10.1. The summed E-state index contributed by atoms with van der Waals surface area (Å²) in [6.45, 7) is 0.184. The number of nitro benzene ring substituents is 1. The Morgan fingerprint density at radius 1 is 1.20 bits per heavy atom. The zero-order valence-corrected chi connectivity index (χ0v) is 11.1. The van der Waals surface area contributed by atoms with E-state index in [4.69, 9.17) is 16.3 Å². The van der Waals surface area contributed by atoms with Crippen LogP contribution in [0.5, 0.6) is 5.75 Å². The minimum Gasteiger partial charge on any atom is -0.481 e. The van der Waals surface area contributed by atoms with E-state index >= 15 is 0 Å². The van der Waals surface area contributed by atoms with Crippen molar-refractivity contribution in [3.63, 3.8) is 0 Å². The Morgan fingerprint density at radius 3 is 2.60 bits per heavy atom. The average molecular weight is 288 g/mol. The van der Waals surface area contributed by atoms with E-state index in [0.717, 1.165) is 5.56 Å². The molecule has 0 amide bonds. The standard InChI is InChI=1S/C15H10ClNO3/c16-14-11-13(8-9-15(14)17(18)19)20-10-4-7-12-5-2-1-3-6-12/h1-3,5-6,8-9,11H,10H2. The van der Waals surface area contributed by atoms with Crippen LogP contribution in [0.15, 0.2) is 48.5 Å². The van der Waals surface area contributed by atoms with Crippen LogP contribution in [0.1, 0.15) is 5.56 Å². The van der Waals surface area contributed by atoms with Crippen LogP contribution in [-0.2, 0) is 0 Å². The smallest absolute Gasteiger partial charge is 0.288 e. The van der Waals surface area contributed by atoms with E-state index in [1.54, 1.807) is 0 Å². The summed E-state index contributed by atoms with van der Waals surface area (Å²) < 4.78 is 5.36. The summed E-state index contributed by atoms with van der Waals surface area (Å²) >= 11 is 5.78. The first-order chi connectivity index (χ1) is 9.66. The van der Waals surface area contributed by atoms with Crippen molar-refractivity contribution < 1.29 is 9.66 Å². The molecule has 0 bridgehead atoms. The maximum absolute atomic E-state index is 10.6. The SMILES string of the molecule is O=[N+]([O-])c1ccc(OCC#Cc2ccccc2)cc1Cl. The van der Waals surface area contributed by atoms with E-state index in [0.29, 0.717) is 5.75 Å². The maximum atomic E-state index is 10.6. The lowest BCUT2D eigenvalue weighted by molar-refractivity contribution is -0.384. The second-order valence-electron chi connectivity index (χ2n) is 3.83.